The fraction of sp³-hybridized carbons (Fsp3) is 0.333. The molecular weight excluding hydrogens is 369 g/mol. The van der Waals surface area contributed by atoms with E-state index < -0.39 is 17.7 Å². The van der Waals surface area contributed by atoms with Gasteiger partial charge >= 0.3 is 6.18 Å². The predicted octanol–water partition coefficient (Wildman–Crippen LogP) is 3.73. The van der Waals surface area contributed by atoms with E-state index in [-0.39, 0.29) is 42.4 Å². The fourth-order valence-corrected chi connectivity index (χ4v) is 3.71. The van der Waals surface area contributed by atoms with E-state index in [4.69, 9.17) is 0 Å². The molecule has 1 aliphatic heterocycles. The second-order valence-electron chi connectivity index (χ2n) is 7.32. The molecule has 3 unspecified atom stereocenters. The van der Waals surface area contributed by atoms with Crippen LogP contribution in [0.2, 0.25) is 0 Å². The van der Waals surface area contributed by atoms with Crippen molar-refractivity contribution in [2.75, 3.05) is 11.4 Å². The Labute approximate surface area is 160 Å². The van der Waals surface area contributed by atoms with Crippen molar-refractivity contribution in [1.82, 2.24) is 5.32 Å². The lowest BCUT2D eigenvalue weighted by Crippen LogP contribution is -2.34. The van der Waals surface area contributed by atoms with E-state index in [1.54, 1.807) is 0 Å². The number of halogens is 3. The van der Waals surface area contributed by atoms with E-state index in [1.165, 1.54) is 22.6 Å². The lowest BCUT2D eigenvalue weighted by Gasteiger charge is -2.18. The van der Waals surface area contributed by atoms with E-state index in [9.17, 15) is 22.8 Å². The molecule has 1 saturated carbocycles. The minimum absolute atomic E-state index is 0.00476. The standard InChI is InChI=1S/C21H19F3N2O2/c22-21(23,24)15-7-4-8-16(10-15)26-12-14(9-19(26)27)20(28)25-18-11-17(18)13-5-2-1-3-6-13/h1-8,10,14,17-18H,9,11-12H2,(H,25,28). The summed E-state index contributed by atoms with van der Waals surface area (Å²) in [6.07, 6.45) is -3.62. The number of nitrogens with one attached hydrogen (secondary N) is 1. The van der Waals surface area contributed by atoms with Gasteiger partial charge in [-0.2, -0.15) is 13.2 Å². The Balaban J connectivity index is 1.39. The highest BCUT2D eigenvalue weighted by atomic mass is 19.4. The number of rotatable bonds is 4. The number of anilines is 1. The Morgan fingerprint density at radius 1 is 1.07 bits per heavy atom. The predicted molar refractivity (Wildman–Crippen MR) is 97.6 cm³/mol. The largest absolute Gasteiger partial charge is 0.416 e. The fourth-order valence-electron chi connectivity index (χ4n) is 3.71. The molecule has 0 radical (unpaired) electrons. The second kappa shape index (κ2) is 6.96. The molecule has 7 heteroatoms. The number of carbonyl (C=O) groups is 2. The number of hydrogen-bond acceptors (Lipinski definition) is 2. The maximum Gasteiger partial charge on any atom is 0.416 e. The third kappa shape index (κ3) is 3.74. The van der Waals surface area contributed by atoms with E-state index in [0.717, 1.165) is 18.6 Å². The molecule has 4 rings (SSSR count). The molecule has 1 saturated heterocycles. The summed E-state index contributed by atoms with van der Waals surface area (Å²) in [7, 11) is 0. The molecule has 2 aromatic rings. The third-order valence-corrected chi connectivity index (χ3v) is 5.33. The summed E-state index contributed by atoms with van der Waals surface area (Å²) < 4.78 is 38.7. The molecule has 1 heterocycles. The topological polar surface area (TPSA) is 49.4 Å². The minimum atomic E-state index is -4.48. The second-order valence-corrected chi connectivity index (χ2v) is 7.32. The van der Waals surface area contributed by atoms with Crippen LogP contribution in [0.15, 0.2) is 54.6 Å². The quantitative estimate of drug-likeness (QED) is 0.868. The Kier molecular flexibility index (Phi) is 4.61. The molecule has 0 aromatic heterocycles. The Bertz CT molecular complexity index is 898. The molecule has 2 aliphatic rings. The van der Waals surface area contributed by atoms with Crippen LogP contribution in [0.5, 0.6) is 0 Å². The van der Waals surface area contributed by atoms with Gasteiger partial charge in [0.05, 0.1) is 11.5 Å². The van der Waals surface area contributed by atoms with Crippen molar-refractivity contribution in [2.45, 2.75) is 31.0 Å². The van der Waals surface area contributed by atoms with Crippen molar-refractivity contribution in [3.05, 3.63) is 65.7 Å². The van der Waals surface area contributed by atoms with Crippen molar-refractivity contribution in [3.8, 4) is 0 Å². The minimum Gasteiger partial charge on any atom is -0.352 e. The van der Waals surface area contributed by atoms with Crippen LogP contribution in [0.25, 0.3) is 0 Å². The average molecular weight is 388 g/mol. The lowest BCUT2D eigenvalue weighted by molar-refractivity contribution is -0.137. The molecule has 2 amide bonds. The summed E-state index contributed by atoms with van der Waals surface area (Å²) in [5.74, 6) is -0.831. The highest BCUT2D eigenvalue weighted by Crippen LogP contribution is 2.41. The zero-order valence-corrected chi connectivity index (χ0v) is 14.9. The van der Waals surface area contributed by atoms with Gasteiger partial charge in [-0.25, -0.2) is 0 Å². The summed E-state index contributed by atoms with van der Waals surface area (Å²) in [5, 5.41) is 2.97. The first-order valence-corrected chi connectivity index (χ1v) is 9.16. The van der Waals surface area contributed by atoms with Gasteiger partial charge in [-0.05, 0) is 30.2 Å². The van der Waals surface area contributed by atoms with E-state index in [2.05, 4.69) is 5.32 Å². The number of amides is 2. The molecule has 146 valence electrons. The van der Waals surface area contributed by atoms with Crippen LogP contribution < -0.4 is 10.2 Å². The van der Waals surface area contributed by atoms with E-state index >= 15 is 0 Å². The first-order valence-electron chi connectivity index (χ1n) is 9.16. The van der Waals surface area contributed by atoms with Crippen molar-refractivity contribution < 1.29 is 22.8 Å². The third-order valence-electron chi connectivity index (χ3n) is 5.33. The molecule has 1 N–H and O–H groups in total. The van der Waals surface area contributed by atoms with Gasteiger partial charge in [0, 0.05) is 30.6 Å². The van der Waals surface area contributed by atoms with Gasteiger partial charge in [-0.1, -0.05) is 36.4 Å². The van der Waals surface area contributed by atoms with Gasteiger partial charge in [0.2, 0.25) is 11.8 Å². The van der Waals surface area contributed by atoms with Crippen molar-refractivity contribution >= 4 is 17.5 Å². The lowest BCUT2D eigenvalue weighted by atomic mass is 10.1. The molecule has 1 aliphatic carbocycles. The van der Waals surface area contributed by atoms with Gasteiger partial charge in [-0.3, -0.25) is 9.59 Å². The highest BCUT2D eigenvalue weighted by molar-refractivity contribution is 6.00. The molecular formula is C21H19F3N2O2. The zero-order chi connectivity index (χ0) is 19.9. The number of alkyl halides is 3. The number of benzene rings is 2. The van der Waals surface area contributed by atoms with Crippen LogP contribution in [-0.4, -0.2) is 24.4 Å². The van der Waals surface area contributed by atoms with Crippen molar-refractivity contribution in [1.29, 1.82) is 0 Å². The molecule has 28 heavy (non-hydrogen) atoms. The van der Waals surface area contributed by atoms with Gasteiger partial charge in [0.25, 0.3) is 0 Å². The van der Waals surface area contributed by atoms with Gasteiger partial charge < -0.3 is 10.2 Å². The summed E-state index contributed by atoms with van der Waals surface area (Å²) >= 11 is 0. The smallest absolute Gasteiger partial charge is 0.352 e. The van der Waals surface area contributed by atoms with Crippen LogP contribution in [-0.2, 0) is 15.8 Å². The van der Waals surface area contributed by atoms with Crippen LogP contribution >= 0.6 is 0 Å². The van der Waals surface area contributed by atoms with Crippen LogP contribution in [0, 0.1) is 5.92 Å². The molecule has 4 nitrogen and oxygen atoms in total. The first-order chi connectivity index (χ1) is 13.3. The molecule has 0 spiro atoms. The van der Waals surface area contributed by atoms with Crippen molar-refractivity contribution in [3.63, 3.8) is 0 Å². The maximum atomic E-state index is 12.9. The van der Waals surface area contributed by atoms with Crippen LogP contribution in [0.1, 0.15) is 29.9 Å². The summed E-state index contributed by atoms with van der Waals surface area (Å²) in [6, 6.07) is 14.6. The van der Waals surface area contributed by atoms with Gasteiger partial charge in [0.1, 0.15) is 0 Å². The monoisotopic (exact) mass is 388 g/mol. The molecule has 2 fully saturated rings. The van der Waals surface area contributed by atoms with Crippen LogP contribution in [0.3, 0.4) is 0 Å². The summed E-state index contributed by atoms with van der Waals surface area (Å²) in [6.45, 7) is 0.0920. The van der Waals surface area contributed by atoms with E-state index in [1.807, 2.05) is 30.3 Å². The molecule has 2 aromatic carbocycles. The highest BCUT2D eigenvalue weighted by Gasteiger charge is 2.43. The molecule has 0 bridgehead atoms. The Morgan fingerprint density at radius 3 is 2.54 bits per heavy atom. The zero-order valence-electron chi connectivity index (χ0n) is 14.9. The Morgan fingerprint density at radius 2 is 1.82 bits per heavy atom. The summed E-state index contributed by atoms with van der Waals surface area (Å²) in [5.41, 5.74) is 0.527. The first kappa shape index (κ1) is 18.5. The Hall–Kier alpha value is -2.83. The molecule has 3 atom stereocenters. The van der Waals surface area contributed by atoms with Crippen LogP contribution in [0.4, 0.5) is 18.9 Å². The van der Waals surface area contributed by atoms with Gasteiger partial charge in [0.15, 0.2) is 0 Å². The normalized spacial score (nSPS) is 24.3. The van der Waals surface area contributed by atoms with Crippen molar-refractivity contribution in [2.24, 2.45) is 5.92 Å². The van der Waals surface area contributed by atoms with E-state index in [0.29, 0.717) is 0 Å². The number of hydrogen-bond donors (Lipinski definition) is 1. The van der Waals surface area contributed by atoms with Gasteiger partial charge in [-0.15, -0.1) is 0 Å². The SMILES string of the molecule is O=C(NC1CC1c1ccccc1)C1CC(=O)N(c2cccc(C(F)(F)F)c2)C1. The summed E-state index contributed by atoms with van der Waals surface area (Å²) in [4.78, 5) is 26.1. The number of nitrogens with zero attached hydrogens (tertiary/aromatic N) is 1. The average Bonchev–Trinajstić information content (AvgIpc) is 3.33. The maximum absolute atomic E-state index is 12.9. The number of carbonyl (C=O) groups excluding carboxylic acids is 2.